The van der Waals surface area contributed by atoms with Crippen LogP contribution in [0.3, 0.4) is 0 Å². The van der Waals surface area contributed by atoms with Crippen LogP contribution in [-0.4, -0.2) is 0 Å². The zero-order valence-corrected chi connectivity index (χ0v) is 9.43. The third kappa shape index (κ3) is 1.84. The van der Waals surface area contributed by atoms with Crippen molar-refractivity contribution in [3.63, 3.8) is 0 Å². The molecule has 1 nitrogen and oxygen atoms in total. The van der Waals surface area contributed by atoms with Crippen LogP contribution >= 0.6 is 15.9 Å². The highest BCUT2D eigenvalue weighted by atomic mass is 79.9. The molecular formula is C11H13BrFN. The Morgan fingerprint density at radius 1 is 1.43 bits per heavy atom. The molecule has 0 aromatic heterocycles. The Balaban J connectivity index is 2.22. The van der Waals surface area contributed by atoms with Gasteiger partial charge in [-0.15, -0.1) is 0 Å². The highest BCUT2D eigenvalue weighted by molar-refractivity contribution is 9.10. The SMILES string of the molecule is N[C@H](c1ccc(F)cc1Br)C1CCC1. The summed E-state index contributed by atoms with van der Waals surface area (Å²) in [7, 11) is 0. The van der Waals surface area contributed by atoms with E-state index in [2.05, 4.69) is 15.9 Å². The lowest BCUT2D eigenvalue weighted by atomic mass is 9.77. The number of benzene rings is 1. The van der Waals surface area contributed by atoms with Gasteiger partial charge in [-0.05, 0) is 36.5 Å². The number of rotatable bonds is 2. The van der Waals surface area contributed by atoms with Gasteiger partial charge in [0, 0.05) is 10.5 Å². The Kier molecular flexibility index (Phi) is 2.88. The zero-order chi connectivity index (χ0) is 10.1. The highest BCUT2D eigenvalue weighted by Crippen LogP contribution is 2.38. The first kappa shape index (κ1) is 10.1. The molecule has 0 amide bonds. The van der Waals surface area contributed by atoms with E-state index in [0.29, 0.717) is 5.92 Å². The zero-order valence-electron chi connectivity index (χ0n) is 7.84. The van der Waals surface area contributed by atoms with Crippen LogP contribution in [0.25, 0.3) is 0 Å². The van der Waals surface area contributed by atoms with Crippen LogP contribution in [0, 0.1) is 11.7 Å². The first-order valence-corrected chi connectivity index (χ1v) is 5.68. The Hall–Kier alpha value is -0.410. The fourth-order valence-electron chi connectivity index (χ4n) is 1.82. The molecule has 14 heavy (non-hydrogen) atoms. The second kappa shape index (κ2) is 3.99. The lowest BCUT2D eigenvalue weighted by Gasteiger charge is -2.31. The second-order valence-electron chi connectivity index (χ2n) is 3.88. The molecule has 1 aliphatic rings. The number of hydrogen-bond acceptors (Lipinski definition) is 1. The summed E-state index contributed by atoms with van der Waals surface area (Å²) >= 11 is 3.35. The van der Waals surface area contributed by atoms with Crippen LogP contribution in [0.15, 0.2) is 22.7 Å². The number of nitrogens with two attached hydrogens (primary N) is 1. The maximum absolute atomic E-state index is 12.8. The summed E-state index contributed by atoms with van der Waals surface area (Å²) in [6.45, 7) is 0. The fourth-order valence-corrected chi connectivity index (χ4v) is 2.44. The smallest absolute Gasteiger partial charge is 0.124 e. The number of hydrogen-bond donors (Lipinski definition) is 1. The van der Waals surface area contributed by atoms with Crippen molar-refractivity contribution in [2.75, 3.05) is 0 Å². The molecule has 1 aliphatic carbocycles. The average Bonchev–Trinajstić information content (AvgIpc) is 2.00. The van der Waals surface area contributed by atoms with E-state index in [4.69, 9.17) is 5.73 Å². The molecule has 76 valence electrons. The molecule has 0 spiro atoms. The molecule has 1 saturated carbocycles. The van der Waals surface area contributed by atoms with Crippen LogP contribution in [0.4, 0.5) is 4.39 Å². The van der Waals surface area contributed by atoms with Crippen molar-refractivity contribution in [1.29, 1.82) is 0 Å². The minimum atomic E-state index is -0.221. The van der Waals surface area contributed by atoms with Crippen molar-refractivity contribution in [3.8, 4) is 0 Å². The van der Waals surface area contributed by atoms with Gasteiger partial charge in [0.25, 0.3) is 0 Å². The van der Waals surface area contributed by atoms with Gasteiger partial charge in [0.15, 0.2) is 0 Å². The maximum Gasteiger partial charge on any atom is 0.124 e. The monoisotopic (exact) mass is 257 g/mol. The van der Waals surface area contributed by atoms with Gasteiger partial charge in [-0.25, -0.2) is 4.39 Å². The molecule has 0 bridgehead atoms. The average molecular weight is 258 g/mol. The van der Waals surface area contributed by atoms with Crippen LogP contribution < -0.4 is 5.73 Å². The predicted molar refractivity (Wildman–Crippen MR) is 58.4 cm³/mol. The lowest BCUT2D eigenvalue weighted by molar-refractivity contribution is 0.264. The van der Waals surface area contributed by atoms with E-state index in [1.54, 1.807) is 6.07 Å². The van der Waals surface area contributed by atoms with E-state index in [9.17, 15) is 4.39 Å². The summed E-state index contributed by atoms with van der Waals surface area (Å²) in [6, 6.07) is 4.79. The van der Waals surface area contributed by atoms with Crippen LogP contribution in [0.5, 0.6) is 0 Å². The molecule has 2 rings (SSSR count). The molecule has 0 unspecified atom stereocenters. The molecule has 1 aromatic carbocycles. The van der Waals surface area contributed by atoms with Crippen molar-refractivity contribution in [2.24, 2.45) is 11.7 Å². The Morgan fingerprint density at radius 2 is 2.14 bits per heavy atom. The van der Waals surface area contributed by atoms with E-state index >= 15 is 0 Å². The first-order valence-electron chi connectivity index (χ1n) is 4.89. The fraction of sp³-hybridized carbons (Fsp3) is 0.455. The third-order valence-corrected chi connectivity index (χ3v) is 3.67. The van der Waals surface area contributed by atoms with E-state index < -0.39 is 0 Å². The quantitative estimate of drug-likeness (QED) is 0.864. The van der Waals surface area contributed by atoms with Gasteiger partial charge in [-0.3, -0.25) is 0 Å². The van der Waals surface area contributed by atoms with Gasteiger partial charge in [0.05, 0.1) is 0 Å². The van der Waals surface area contributed by atoms with Crippen molar-refractivity contribution >= 4 is 15.9 Å². The van der Waals surface area contributed by atoms with Crippen LogP contribution in [0.2, 0.25) is 0 Å². The summed E-state index contributed by atoms with van der Waals surface area (Å²) in [5.74, 6) is 0.359. The molecule has 0 aliphatic heterocycles. The van der Waals surface area contributed by atoms with E-state index in [1.165, 1.54) is 31.4 Å². The van der Waals surface area contributed by atoms with E-state index in [-0.39, 0.29) is 11.9 Å². The minimum Gasteiger partial charge on any atom is -0.324 e. The van der Waals surface area contributed by atoms with Gasteiger partial charge >= 0.3 is 0 Å². The van der Waals surface area contributed by atoms with Crippen molar-refractivity contribution < 1.29 is 4.39 Å². The molecular weight excluding hydrogens is 245 g/mol. The van der Waals surface area contributed by atoms with E-state index in [1.807, 2.05) is 0 Å². The minimum absolute atomic E-state index is 0.0544. The van der Waals surface area contributed by atoms with Gasteiger partial charge in [0.1, 0.15) is 5.82 Å². The Labute approximate surface area is 91.6 Å². The molecule has 0 radical (unpaired) electrons. The maximum atomic E-state index is 12.8. The number of halogens is 2. The second-order valence-corrected chi connectivity index (χ2v) is 4.74. The van der Waals surface area contributed by atoms with Crippen molar-refractivity contribution in [3.05, 3.63) is 34.1 Å². The first-order chi connectivity index (χ1) is 6.68. The summed E-state index contributed by atoms with van der Waals surface area (Å²) in [4.78, 5) is 0. The summed E-state index contributed by atoms with van der Waals surface area (Å²) in [5.41, 5.74) is 7.12. The van der Waals surface area contributed by atoms with E-state index in [0.717, 1.165) is 10.0 Å². The van der Waals surface area contributed by atoms with Crippen molar-refractivity contribution in [2.45, 2.75) is 25.3 Å². The normalized spacial score (nSPS) is 19.1. The molecule has 1 atom stereocenters. The molecule has 0 saturated heterocycles. The molecule has 2 N–H and O–H groups in total. The van der Waals surface area contributed by atoms with Gasteiger partial charge in [-0.1, -0.05) is 28.4 Å². The topological polar surface area (TPSA) is 26.0 Å². The van der Waals surface area contributed by atoms with Crippen LogP contribution in [0.1, 0.15) is 30.9 Å². The third-order valence-electron chi connectivity index (χ3n) is 2.98. The Bertz CT molecular complexity index is 336. The van der Waals surface area contributed by atoms with Crippen LogP contribution in [-0.2, 0) is 0 Å². The standard InChI is InChI=1S/C11H13BrFN/c12-10-6-8(13)4-5-9(10)11(14)7-2-1-3-7/h4-7,11H,1-3,14H2/t11-/m0/s1. The molecule has 1 aromatic rings. The predicted octanol–water partition coefficient (Wildman–Crippen LogP) is 3.39. The van der Waals surface area contributed by atoms with Gasteiger partial charge in [-0.2, -0.15) is 0 Å². The summed E-state index contributed by atoms with van der Waals surface area (Å²) < 4.78 is 13.6. The molecule has 1 fully saturated rings. The van der Waals surface area contributed by atoms with Gasteiger partial charge in [0.2, 0.25) is 0 Å². The summed E-state index contributed by atoms with van der Waals surface area (Å²) in [5, 5.41) is 0. The summed E-state index contributed by atoms with van der Waals surface area (Å²) in [6.07, 6.45) is 3.67. The highest BCUT2D eigenvalue weighted by Gasteiger charge is 2.26. The van der Waals surface area contributed by atoms with Crippen molar-refractivity contribution in [1.82, 2.24) is 0 Å². The largest absolute Gasteiger partial charge is 0.324 e. The lowest BCUT2D eigenvalue weighted by Crippen LogP contribution is -2.27. The Morgan fingerprint density at radius 3 is 2.64 bits per heavy atom. The molecule has 3 heteroatoms. The van der Waals surface area contributed by atoms with Gasteiger partial charge < -0.3 is 5.73 Å². The molecule has 0 heterocycles.